The van der Waals surface area contributed by atoms with Crippen LogP contribution in [0, 0.1) is 12.8 Å². The number of carbonyl (C=O) groups is 2. The number of likely N-dealkylation sites (tertiary alicyclic amines) is 1. The lowest BCUT2D eigenvalue weighted by Gasteiger charge is -2.31. The second-order valence-electron chi connectivity index (χ2n) is 4.92. The number of aromatic nitrogens is 2. The van der Waals surface area contributed by atoms with Gasteiger partial charge in [0, 0.05) is 19.5 Å². The first-order valence-corrected chi connectivity index (χ1v) is 7.44. The van der Waals surface area contributed by atoms with Crippen molar-refractivity contribution in [2.24, 2.45) is 5.92 Å². The average molecular weight is 298 g/mol. The smallest absolute Gasteiger partial charge is 0.323 e. The lowest BCUT2D eigenvalue weighted by molar-refractivity contribution is -0.137. The standard InChI is InChI=1S/C12H18N4O3S/c1-8-14-15-11(20-8)13-12(19)16-6-4-9(5-7-16)2-3-10(17)18/h9H,2-7H2,1H3,(H,17,18)(H,13,15,19). The van der Waals surface area contributed by atoms with E-state index in [0.29, 0.717) is 30.6 Å². The number of nitrogens with zero attached hydrogens (tertiary/aromatic N) is 3. The molecule has 1 saturated heterocycles. The molecule has 110 valence electrons. The maximum Gasteiger partial charge on any atom is 0.323 e. The quantitative estimate of drug-likeness (QED) is 0.886. The topological polar surface area (TPSA) is 95.4 Å². The Balaban J connectivity index is 1.75. The minimum absolute atomic E-state index is 0.155. The largest absolute Gasteiger partial charge is 0.481 e. The first kappa shape index (κ1) is 14.7. The third kappa shape index (κ3) is 4.16. The molecule has 2 heterocycles. The Morgan fingerprint density at radius 1 is 1.40 bits per heavy atom. The predicted molar refractivity (Wildman–Crippen MR) is 74.8 cm³/mol. The number of aliphatic carboxylic acids is 1. The Morgan fingerprint density at radius 3 is 2.65 bits per heavy atom. The minimum Gasteiger partial charge on any atom is -0.481 e. The highest BCUT2D eigenvalue weighted by atomic mass is 32.1. The van der Waals surface area contributed by atoms with Gasteiger partial charge in [0.2, 0.25) is 5.13 Å². The van der Waals surface area contributed by atoms with Crippen LogP contribution in [0.5, 0.6) is 0 Å². The summed E-state index contributed by atoms with van der Waals surface area (Å²) in [7, 11) is 0. The Labute approximate surface area is 121 Å². The summed E-state index contributed by atoms with van der Waals surface area (Å²) in [6.45, 7) is 3.16. The Morgan fingerprint density at radius 2 is 2.10 bits per heavy atom. The van der Waals surface area contributed by atoms with Crippen LogP contribution >= 0.6 is 11.3 Å². The Kier molecular flexibility index (Phi) is 4.89. The van der Waals surface area contributed by atoms with Crippen molar-refractivity contribution in [3.05, 3.63) is 5.01 Å². The van der Waals surface area contributed by atoms with Crippen LogP contribution in [0.25, 0.3) is 0 Å². The SMILES string of the molecule is Cc1nnc(NC(=O)N2CCC(CCC(=O)O)CC2)s1. The van der Waals surface area contributed by atoms with Crippen molar-refractivity contribution in [2.75, 3.05) is 18.4 Å². The fourth-order valence-electron chi connectivity index (χ4n) is 2.27. The molecule has 0 aromatic carbocycles. The maximum absolute atomic E-state index is 12.0. The molecule has 0 radical (unpaired) electrons. The van der Waals surface area contributed by atoms with E-state index in [1.165, 1.54) is 11.3 Å². The molecule has 1 aliphatic rings. The molecule has 8 heteroatoms. The number of carbonyl (C=O) groups excluding carboxylic acids is 1. The van der Waals surface area contributed by atoms with Crippen molar-refractivity contribution in [2.45, 2.75) is 32.6 Å². The number of anilines is 1. The van der Waals surface area contributed by atoms with Crippen molar-refractivity contribution in [1.29, 1.82) is 0 Å². The summed E-state index contributed by atoms with van der Waals surface area (Å²) in [5.74, 6) is -0.351. The zero-order chi connectivity index (χ0) is 14.5. The van der Waals surface area contributed by atoms with Gasteiger partial charge in [-0.05, 0) is 32.1 Å². The maximum atomic E-state index is 12.0. The van der Waals surface area contributed by atoms with Crippen LogP contribution in [-0.4, -0.2) is 45.3 Å². The summed E-state index contributed by atoms with van der Waals surface area (Å²) < 4.78 is 0. The van der Waals surface area contributed by atoms with E-state index in [-0.39, 0.29) is 12.5 Å². The van der Waals surface area contributed by atoms with Gasteiger partial charge in [0.1, 0.15) is 5.01 Å². The normalized spacial score (nSPS) is 16.1. The molecule has 0 atom stereocenters. The van der Waals surface area contributed by atoms with Crippen LogP contribution in [0.4, 0.5) is 9.93 Å². The van der Waals surface area contributed by atoms with Gasteiger partial charge in [-0.3, -0.25) is 10.1 Å². The van der Waals surface area contributed by atoms with Gasteiger partial charge < -0.3 is 10.0 Å². The molecule has 1 aromatic rings. The molecule has 2 rings (SSSR count). The van der Waals surface area contributed by atoms with Gasteiger partial charge in [-0.1, -0.05) is 11.3 Å². The number of rotatable bonds is 4. The molecule has 0 bridgehead atoms. The summed E-state index contributed by atoms with van der Waals surface area (Å²) in [5.41, 5.74) is 0. The second-order valence-corrected chi connectivity index (χ2v) is 6.10. The third-order valence-electron chi connectivity index (χ3n) is 3.41. The van der Waals surface area contributed by atoms with Crippen molar-refractivity contribution in [1.82, 2.24) is 15.1 Å². The molecule has 0 saturated carbocycles. The van der Waals surface area contributed by atoms with Gasteiger partial charge in [0.05, 0.1) is 0 Å². The summed E-state index contributed by atoms with van der Waals surface area (Å²) in [5, 5.41) is 20.4. The lowest BCUT2D eigenvalue weighted by atomic mass is 9.92. The number of urea groups is 1. The van der Waals surface area contributed by atoms with Crippen LogP contribution in [0.2, 0.25) is 0 Å². The number of nitrogens with one attached hydrogen (secondary N) is 1. The van der Waals surface area contributed by atoms with E-state index in [1.807, 2.05) is 6.92 Å². The number of hydrogen-bond donors (Lipinski definition) is 2. The zero-order valence-electron chi connectivity index (χ0n) is 11.3. The molecule has 20 heavy (non-hydrogen) atoms. The molecule has 1 aromatic heterocycles. The molecule has 0 aliphatic carbocycles. The number of carboxylic acids is 1. The van der Waals surface area contributed by atoms with Crippen molar-refractivity contribution < 1.29 is 14.7 Å². The molecule has 1 fully saturated rings. The zero-order valence-corrected chi connectivity index (χ0v) is 12.2. The summed E-state index contributed by atoms with van der Waals surface area (Å²) in [4.78, 5) is 24.3. The van der Waals surface area contributed by atoms with Gasteiger partial charge in [-0.15, -0.1) is 10.2 Å². The fraction of sp³-hybridized carbons (Fsp3) is 0.667. The number of carboxylic acid groups (broad SMARTS) is 1. The van der Waals surface area contributed by atoms with E-state index in [2.05, 4.69) is 15.5 Å². The summed E-state index contributed by atoms with van der Waals surface area (Å²) in [6.07, 6.45) is 2.62. The number of aryl methyl sites for hydroxylation is 1. The number of amides is 2. The van der Waals surface area contributed by atoms with E-state index in [4.69, 9.17) is 5.11 Å². The van der Waals surface area contributed by atoms with Gasteiger partial charge in [0.15, 0.2) is 0 Å². The molecule has 2 amide bonds. The third-order valence-corrected chi connectivity index (χ3v) is 4.16. The van der Waals surface area contributed by atoms with Crippen LogP contribution < -0.4 is 5.32 Å². The second kappa shape index (κ2) is 6.65. The van der Waals surface area contributed by atoms with Gasteiger partial charge in [-0.2, -0.15) is 0 Å². The summed E-state index contributed by atoms with van der Waals surface area (Å²) in [6, 6.07) is -0.155. The Hall–Kier alpha value is -1.70. The molecule has 0 spiro atoms. The average Bonchev–Trinajstić information content (AvgIpc) is 2.82. The highest BCUT2D eigenvalue weighted by Gasteiger charge is 2.23. The molecule has 1 aliphatic heterocycles. The van der Waals surface area contributed by atoms with Crippen LogP contribution in [0.15, 0.2) is 0 Å². The first-order valence-electron chi connectivity index (χ1n) is 6.62. The predicted octanol–water partition coefficient (Wildman–Crippen LogP) is 1.96. The van der Waals surface area contributed by atoms with Crippen molar-refractivity contribution in [3.8, 4) is 0 Å². The number of hydrogen-bond acceptors (Lipinski definition) is 5. The molecule has 7 nitrogen and oxygen atoms in total. The van der Waals surface area contributed by atoms with E-state index >= 15 is 0 Å². The van der Waals surface area contributed by atoms with E-state index in [9.17, 15) is 9.59 Å². The van der Waals surface area contributed by atoms with Crippen LogP contribution in [0.1, 0.15) is 30.7 Å². The molecular formula is C12H18N4O3S. The molecule has 0 unspecified atom stereocenters. The minimum atomic E-state index is -0.753. The Bertz CT molecular complexity index is 483. The molecular weight excluding hydrogens is 280 g/mol. The lowest BCUT2D eigenvalue weighted by Crippen LogP contribution is -2.41. The van der Waals surface area contributed by atoms with E-state index in [0.717, 1.165) is 17.8 Å². The first-order chi connectivity index (χ1) is 9.54. The van der Waals surface area contributed by atoms with Crippen LogP contribution in [-0.2, 0) is 4.79 Å². The van der Waals surface area contributed by atoms with Gasteiger partial charge in [-0.25, -0.2) is 4.79 Å². The van der Waals surface area contributed by atoms with Crippen molar-refractivity contribution >= 4 is 28.5 Å². The fourth-order valence-corrected chi connectivity index (χ4v) is 2.85. The highest BCUT2D eigenvalue weighted by molar-refractivity contribution is 7.15. The highest BCUT2D eigenvalue weighted by Crippen LogP contribution is 2.23. The van der Waals surface area contributed by atoms with Gasteiger partial charge >= 0.3 is 12.0 Å². The van der Waals surface area contributed by atoms with Gasteiger partial charge in [0.25, 0.3) is 0 Å². The summed E-state index contributed by atoms with van der Waals surface area (Å²) >= 11 is 1.35. The van der Waals surface area contributed by atoms with E-state index < -0.39 is 5.97 Å². The number of piperidine rings is 1. The monoisotopic (exact) mass is 298 g/mol. The van der Waals surface area contributed by atoms with E-state index in [1.54, 1.807) is 4.90 Å². The van der Waals surface area contributed by atoms with Crippen molar-refractivity contribution in [3.63, 3.8) is 0 Å². The molecule has 2 N–H and O–H groups in total. The van der Waals surface area contributed by atoms with Crippen LogP contribution in [0.3, 0.4) is 0 Å².